The van der Waals surface area contributed by atoms with Crippen molar-refractivity contribution in [2.24, 2.45) is 0 Å². The molecule has 1 aromatic heterocycles. The first-order valence-corrected chi connectivity index (χ1v) is 7.17. The lowest BCUT2D eigenvalue weighted by molar-refractivity contribution is 1.10. The second-order valence-electron chi connectivity index (χ2n) is 3.29. The van der Waals surface area contributed by atoms with Crippen molar-refractivity contribution in [3.63, 3.8) is 0 Å². The van der Waals surface area contributed by atoms with Crippen molar-refractivity contribution in [1.82, 2.24) is 9.36 Å². The van der Waals surface area contributed by atoms with Gasteiger partial charge in [0.1, 0.15) is 5.82 Å². The Kier molecular flexibility index (Phi) is 3.83. The van der Waals surface area contributed by atoms with Gasteiger partial charge in [0, 0.05) is 15.9 Å². The van der Waals surface area contributed by atoms with Crippen molar-refractivity contribution in [3.8, 4) is 0 Å². The van der Waals surface area contributed by atoms with Crippen LogP contribution in [0, 0.1) is 6.92 Å². The normalized spacial score (nSPS) is 10.6. The quantitative estimate of drug-likeness (QED) is 0.696. The lowest BCUT2D eigenvalue weighted by Gasteiger charge is -2.02. The van der Waals surface area contributed by atoms with Crippen molar-refractivity contribution < 1.29 is 0 Å². The van der Waals surface area contributed by atoms with Crippen LogP contribution in [0.15, 0.2) is 27.0 Å². The molecule has 0 atom stereocenters. The number of thioether (sulfide) groups is 1. The topological polar surface area (TPSA) is 51.8 Å². The number of nitrogen functional groups attached to an aromatic ring is 1. The van der Waals surface area contributed by atoms with Crippen LogP contribution in [0.25, 0.3) is 0 Å². The summed E-state index contributed by atoms with van der Waals surface area (Å²) in [6, 6.07) is 5.94. The molecular formula is C10H10BrN3S2. The fourth-order valence-corrected chi connectivity index (χ4v) is 3.38. The standard InChI is InChI=1S/C10H10BrN3S2/c1-6-13-10(16-14-6)15-5-7-2-8(11)4-9(12)3-7/h2-4H,5,12H2,1H3. The smallest absolute Gasteiger partial charge is 0.170 e. The molecular weight excluding hydrogens is 306 g/mol. The third kappa shape index (κ3) is 3.20. The summed E-state index contributed by atoms with van der Waals surface area (Å²) in [5, 5.41) is 0. The zero-order valence-corrected chi connectivity index (χ0v) is 11.8. The van der Waals surface area contributed by atoms with E-state index in [1.165, 1.54) is 17.1 Å². The van der Waals surface area contributed by atoms with Gasteiger partial charge in [-0.3, -0.25) is 0 Å². The Labute approximate surface area is 111 Å². The van der Waals surface area contributed by atoms with E-state index >= 15 is 0 Å². The highest BCUT2D eigenvalue weighted by molar-refractivity contribution is 9.10. The molecule has 6 heteroatoms. The average molecular weight is 316 g/mol. The van der Waals surface area contributed by atoms with Crippen LogP contribution in [-0.4, -0.2) is 9.36 Å². The molecule has 0 aliphatic carbocycles. The lowest BCUT2D eigenvalue weighted by Crippen LogP contribution is -1.88. The molecule has 0 amide bonds. The van der Waals surface area contributed by atoms with Gasteiger partial charge < -0.3 is 5.73 Å². The predicted octanol–water partition coefficient (Wildman–Crippen LogP) is 3.48. The third-order valence-corrected chi connectivity index (χ3v) is 4.31. The minimum atomic E-state index is 0.776. The Morgan fingerprint density at radius 2 is 2.25 bits per heavy atom. The lowest BCUT2D eigenvalue weighted by atomic mass is 10.2. The van der Waals surface area contributed by atoms with E-state index in [1.54, 1.807) is 11.8 Å². The van der Waals surface area contributed by atoms with Crippen molar-refractivity contribution in [2.45, 2.75) is 17.0 Å². The zero-order valence-electron chi connectivity index (χ0n) is 8.61. The van der Waals surface area contributed by atoms with E-state index in [4.69, 9.17) is 5.73 Å². The van der Waals surface area contributed by atoms with Gasteiger partial charge in [0.25, 0.3) is 0 Å². The maximum Gasteiger partial charge on any atom is 0.170 e. The van der Waals surface area contributed by atoms with Gasteiger partial charge in [0.05, 0.1) is 0 Å². The molecule has 0 spiro atoms. The third-order valence-electron chi connectivity index (χ3n) is 1.85. The summed E-state index contributed by atoms with van der Waals surface area (Å²) >= 11 is 6.55. The summed E-state index contributed by atoms with van der Waals surface area (Å²) in [6.07, 6.45) is 0. The maximum absolute atomic E-state index is 5.77. The molecule has 2 N–H and O–H groups in total. The summed E-state index contributed by atoms with van der Waals surface area (Å²) in [4.78, 5) is 4.30. The number of aromatic nitrogens is 2. The van der Waals surface area contributed by atoms with E-state index in [9.17, 15) is 0 Å². The van der Waals surface area contributed by atoms with E-state index in [1.807, 2.05) is 19.1 Å². The molecule has 0 unspecified atom stereocenters. The first-order valence-electron chi connectivity index (χ1n) is 4.61. The van der Waals surface area contributed by atoms with Gasteiger partial charge in [0.15, 0.2) is 4.34 Å². The molecule has 0 saturated heterocycles. The number of nitrogens with two attached hydrogens (primary N) is 1. The van der Waals surface area contributed by atoms with Gasteiger partial charge in [0.2, 0.25) is 0 Å². The van der Waals surface area contributed by atoms with Crippen LogP contribution in [0.5, 0.6) is 0 Å². The summed E-state index contributed by atoms with van der Waals surface area (Å²) in [7, 11) is 0. The number of halogens is 1. The highest BCUT2D eigenvalue weighted by atomic mass is 79.9. The Balaban J connectivity index is 2.04. The zero-order chi connectivity index (χ0) is 11.5. The molecule has 0 fully saturated rings. The molecule has 2 rings (SSSR count). The van der Waals surface area contributed by atoms with Crippen LogP contribution < -0.4 is 5.73 Å². The van der Waals surface area contributed by atoms with Crippen molar-refractivity contribution >= 4 is 44.9 Å². The largest absolute Gasteiger partial charge is 0.399 e. The molecule has 0 aliphatic heterocycles. The molecule has 3 nitrogen and oxygen atoms in total. The van der Waals surface area contributed by atoms with Crippen LogP contribution in [0.4, 0.5) is 5.69 Å². The fourth-order valence-electron chi connectivity index (χ4n) is 1.24. The second kappa shape index (κ2) is 5.16. The van der Waals surface area contributed by atoms with Crippen LogP contribution >= 0.6 is 39.2 Å². The first-order chi connectivity index (χ1) is 7.63. The summed E-state index contributed by atoms with van der Waals surface area (Å²) in [5.41, 5.74) is 7.73. The van der Waals surface area contributed by atoms with Crippen LogP contribution in [0.1, 0.15) is 11.4 Å². The van der Waals surface area contributed by atoms with Crippen molar-refractivity contribution in [1.29, 1.82) is 0 Å². The Morgan fingerprint density at radius 1 is 1.44 bits per heavy atom. The fraction of sp³-hybridized carbons (Fsp3) is 0.200. The average Bonchev–Trinajstić information content (AvgIpc) is 2.60. The number of nitrogens with zero attached hydrogens (tertiary/aromatic N) is 2. The van der Waals surface area contributed by atoms with Crippen molar-refractivity contribution in [3.05, 3.63) is 34.1 Å². The van der Waals surface area contributed by atoms with Crippen LogP contribution in [-0.2, 0) is 5.75 Å². The molecule has 0 saturated carbocycles. The molecule has 84 valence electrons. The van der Waals surface area contributed by atoms with E-state index < -0.39 is 0 Å². The maximum atomic E-state index is 5.77. The van der Waals surface area contributed by atoms with E-state index in [0.29, 0.717) is 0 Å². The van der Waals surface area contributed by atoms with Gasteiger partial charge in [-0.1, -0.05) is 27.7 Å². The van der Waals surface area contributed by atoms with Crippen LogP contribution in [0.3, 0.4) is 0 Å². The Morgan fingerprint density at radius 3 is 2.88 bits per heavy atom. The molecule has 1 heterocycles. The predicted molar refractivity (Wildman–Crippen MR) is 72.8 cm³/mol. The minimum Gasteiger partial charge on any atom is -0.399 e. The van der Waals surface area contributed by atoms with Gasteiger partial charge >= 0.3 is 0 Å². The highest BCUT2D eigenvalue weighted by Crippen LogP contribution is 2.26. The van der Waals surface area contributed by atoms with E-state index in [0.717, 1.165) is 26.1 Å². The number of hydrogen-bond donors (Lipinski definition) is 1. The Bertz CT molecular complexity index is 478. The van der Waals surface area contributed by atoms with E-state index in [2.05, 4.69) is 31.4 Å². The number of anilines is 1. The molecule has 1 aromatic carbocycles. The number of benzene rings is 1. The van der Waals surface area contributed by atoms with Crippen molar-refractivity contribution in [2.75, 3.05) is 5.73 Å². The van der Waals surface area contributed by atoms with E-state index in [-0.39, 0.29) is 0 Å². The second-order valence-corrected chi connectivity index (χ2v) is 6.18. The van der Waals surface area contributed by atoms with Gasteiger partial charge in [-0.2, -0.15) is 4.37 Å². The molecule has 0 bridgehead atoms. The molecule has 16 heavy (non-hydrogen) atoms. The number of aryl methyl sites for hydroxylation is 1. The highest BCUT2D eigenvalue weighted by Gasteiger charge is 2.03. The minimum absolute atomic E-state index is 0.776. The molecule has 0 aliphatic rings. The van der Waals surface area contributed by atoms with Gasteiger partial charge in [-0.05, 0) is 42.2 Å². The van der Waals surface area contributed by atoms with Crippen LogP contribution in [0.2, 0.25) is 0 Å². The molecule has 2 aromatic rings. The van der Waals surface area contributed by atoms with Gasteiger partial charge in [-0.15, -0.1) is 0 Å². The Hall–Kier alpha value is -0.590. The summed E-state index contributed by atoms with van der Waals surface area (Å²) < 4.78 is 6.15. The monoisotopic (exact) mass is 315 g/mol. The number of hydrogen-bond acceptors (Lipinski definition) is 5. The van der Waals surface area contributed by atoms with Gasteiger partial charge in [-0.25, -0.2) is 4.98 Å². The number of rotatable bonds is 3. The SMILES string of the molecule is Cc1nsc(SCc2cc(N)cc(Br)c2)n1. The summed E-state index contributed by atoms with van der Waals surface area (Å²) in [6.45, 7) is 1.90. The first kappa shape index (κ1) is 11.9. The molecule has 0 radical (unpaired) electrons. The summed E-state index contributed by atoms with van der Waals surface area (Å²) in [5.74, 6) is 1.69.